The summed E-state index contributed by atoms with van der Waals surface area (Å²) in [4.78, 5) is 30.6. The minimum absolute atomic E-state index is 0.0391. The van der Waals surface area contributed by atoms with Gasteiger partial charge in [0.15, 0.2) is 5.16 Å². The summed E-state index contributed by atoms with van der Waals surface area (Å²) in [7, 11) is 1.61. The second kappa shape index (κ2) is 9.66. The van der Waals surface area contributed by atoms with Gasteiger partial charge in [0.2, 0.25) is 5.91 Å². The largest absolute Gasteiger partial charge is 0.383 e. The summed E-state index contributed by atoms with van der Waals surface area (Å²) in [6, 6.07) is 15.4. The summed E-state index contributed by atoms with van der Waals surface area (Å²) in [6.45, 7) is 2.31. The van der Waals surface area contributed by atoms with Crippen LogP contribution in [0.25, 0.3) is 10.9 Å². The van der Waals surface area contributed by atoms with E-state index < -0.39 is 0 Å². The number of methoxy groups -OCH3 is 1. The minimum atomic E-state index is -0.189. The van der Waals surface area contributed by atoms with E-state index in [1.54, 1.807) is 17.7 Å². The zero-order valence-electron chi connectivity index (χ0n) is 17.8. The molecule has 2 atom stereocenters. The fourth-order valence-corrected chi connectivity index (χ4v) is 5.11. The van der Waals surface area contributed by atoms with Crippen molar-refractivity contribution in [2.45, 2.75) is 43.4 Å². The number of nitrogens with one attached hydrogen (secondary N) is 1. The van der Waals surface area contributed by atoms with E-state index in [2.05, 4.69) is 22.4 Å². The quantitative estimate of drug-likeness (QED) is 0.448. The highest BCUT2D eigenvalue weighted by atomic mass is 32.2. The number of nitrogens with zero attached hydrogens (tertiary/aromatic N) is 2. The van der Waals surface area contributed by atoms with E-state index in [9.17, 15) is 9.59 Å². The zero-order chi connectivity index (χ0) is 21.8. The van der Waals surface area contributed by atoms with Gasteiger partial charge in [-0.05, 0) is 49.4 Å². The fraction of sp³-hybridized carbons (Fsp3) is 0.375. The SMILES string of the molecule is COC[C@H](C)n1c(SCC(=O)N[C@H]2CCCc3ccccc32)nc2ccccc2c1=O. The Morgan fingerprint density at radius 1 is 1.26 bits per heavy atom. The van der Waals surface area contributed by atoms with Crippen LogP contribution in [0.5, 0.6) is 0 Å². The number of aryl methyl sites for hydroxylation is 1. The van der Waals surface area contributed by atoms with Gasteiger partial charge in [0, 0.05) is 7.11 Å². The van der Waals surface area contributed by atoms with Crippen LogP contribution in [0.2, 0.25) is 0 Å². The normalized spacial score (nSPS) is 16.6. The summed E-state index contributed by atoms with van der Waals surface area (Å²) in [6.07, 6.45) is 3.06. The lowest BCUT2D eigenvalue weighted by molar-refractivity contribution is -0.119. The summed E-state index contributed by atoms with van der Waals surface area (Å²) in [5, 5.41) is 4.27. The summed E-state index contributed by atoms with van der Waals surface area (Å²) in [5.41, 5.74) is 3.04. The molecule has 0 bridgehead atoms. The number of ether oxygens (including phenoxy) is 1. The molecule has 3 aromatic rings. The van der Waals surface area contributed by atoms with Gasteiger partial charge in [0.25, 0.3) is 5.56 Å². The number of rotatable bonds is 7. The Labute approximate surface area is 186 Å². The molecule has 162 valence electrons. The van der Waals surface area contributed by atoms with E-state index >= 15 is 0 Å². The molecule has 0 saturated heterocycles. The van der Waals surface area contributed by atoms with Gasteiger partial charge in [-0.15, -0.1) is 0 Å². The average Bonchev–Trinajstić information content (AvgIpc) is 2.78. The van der Waals surface area contributed by atoms with Gasteiger partial charge in [-0.2, -0.15) is 0 Å². The number of carbonyl (C=O) groups is 1. The van der Waals surface area contributed by atoms with Crippen molar-refractivity contribution in [1.82, 2.24) is 14.9 Å². The second-order valence-corrected chi connectivity index (χ2v) is 8.83. The molecule has 1 amide bonds. The van der Waals surface area contributed by atoms with Gasteiger partial charge < -0.3 is 10.1 Å². The third-order valence-corrected chi connectivity index (χ3v) is 6.61. The fourth-order valence-electron chi connectivity index (χ4n) is 4.20. The summed E-state index contributed by atoms with van der Waals surface area (Å²) < 4.78 is 6.90. The molecular formula is C24H27N3O3S. The predicted molar refractivity (Wildman–Crippen MR) is 124 cm³/mol. The van der Waals surface area contributed by atoms with E-state index in [4.69, 9.17) is 4.74 Å². The first kappa shape index (κ1) is 21.6. The molecule has 1 aliphatic carbocycles. The van der Waals surface area contributed by atoms with Gasteiger partial charge >= 0.3 is 0 Å². The topological polar surface area (TPSA) is 73.2 Å². The second-order valence-electron chi connectivity index (χ2n) is 7.89. The first-order chi connectivity index (χ1) is 15.1. The van der Waals surface area contributed by atoms with E-state index in [0.717, 1.165) is 19.3 Å². The molecule has 6 nitrogen and oxygen atoms in total. The van der Waals surface area contributed by atoms with E-state index in [0.29, 0.717) is 22.7 Å². The zero-order valence-corrected chi connectivity index (χ0v) is 18.7. The van der Waals surface area contributed by atoms with Gasteiger partial charge in [-0.3, -0.25) is 14.2 Å². The standard InChI is InChI=1S/C24H27N3O3S/c1-16(14-30-2)27-23(29)19-11-5-6-12-21(19)26-24(27)31-15-22(28)25-20-13-7-9-17-8-3-4-10-18(17)20/h3-6,8,10-12,16,20H,7,9,13-15H2,1-2H3,(H,25,28)/t16-,20-/m0/s1. The highest BCUT2D eigenvalue weighted by Crippen LogP contribution is 2.29. The third kappa shape index (κ3) is 4.67. The van der Waals surface area contributed by atoms with Crippen LogP contribution in [-0.2, 0) is 16.0 Å². The van der Waals surface area contributed by atoms with Crippen LogP contribution in [-0.4, -0.2) is 34.9 Å². The number of hydrogen-bond donors (Lipinski definition) is 1. The predicted octanol–water partition coefficient (Wildman–Crippen LogP) is 3.89. The van der Waals surface area contributed by atoms with E-state index in [1.807, 2.05) is 37.3 Å². The summed E-state index contributed by atoms with van der Waals surface area (Å²) in [5.74, 6) is 0.142. The number of aromatic nitrogens is 2. The number of amides is 1. The van der Waals surface area contributed by atoms with Crippen LogP contribution in [0, 0.1) is 0 Å². The monoisotopic (exact) mass is 437 g/mol. The van der Waals surface area contributed by atoms with Crippen molar-refractivity contribution >= 4 is 28.6 Å². The molecule has 2 aromatic carbocycles. The van der Waals surface area contributed by atoms with Crippen molar-refractivity contribution in [3.05, 3.63) is 70.0 Å². The van der Waals surface area contributed by atoms with Gasteiger partial charge in [-0.1, -0.05) is 48.2 Å². The van der Waals surface area contributed by atoms with Crippen molar-refractivity contribution < 1.29 is 9.53 Å². The molecule has 1 aliphatic rings. The van der Waals surface area contributed by atoms with Gasteiger partial charge in [0.1, 0.15) is 0 Å². The maximum Gasteiger partial charge on any atom is 0.262 e. The number of carbonyl (C=O) groups excluding carboxylic acids is 1. The third-order valence-electron chi connectivity index (χ3n) is 5.66. The van der Waals surface area contributed by atoms with Crippen LogP contribution in [0.3, 0.4) is 0 Å². The van der Waals surface area contributed by atoms with Crippen LogP contribution < -0.4 is 10.9 Å². The van der Waals surface area contributed by atoms with E-state index in [1.165, 1.54) is 22.9 Å². The lowest BCUT2D eigenvalue weighted by Gasteiger charge is -2.26. The Hall–Kier alpha value is -2.64. The highest BCUT2D eigenvalue weighted by Gasteiger charge is 2.22. The number of fused-ring (bicyclic) bond motifs is 2. The lowest BCUT2D eigenvalue weighted by Crippen LogP contribution is -2.33. The molecule has 0 unspecified atom stereocenters. The average molecular weight is 438 g/mol. The highest BCUT2D eigenvalue weighted by molar-refractivity contribution is 7.99. The molecule has 1 heterocycles. The molecule has 0 aliphatic heterocycles. The van der Waals surface area contributed by atoms with Gasteiger partial charge in [-0.25, -0.2) is 4.98 Å². The first-order valence-electron chi connectivity index (χ1n) is 10.6. The first-order valence-corrected chi connectivity index (χ1v) is 11.6. The molecule has 0 radical (unpaired) electrons. The molecule has 0 spiro atoms. The molecule has 0 fully saturated rings. The number of para-hydroxylation sites is 1. The Balaban J connectivity index is 1.54. The minimum Gasteiger partial charge on any atom is -0.383 e. The van der Waals surface area contributed by atoms with Gasteiger partial charge in [0.05, 0.1) is 35.3 Å². The van der Waals surface area contributed by atoms with Crippen LogP contribution in [0.15, 0.2) is 58.5 Å². The van der Waals surface area contributed by atoms with Crippen molar-refractivity contribution in [3.63, 3.8) is 0 Å². The Kier molecular flexibility index (Phi) is 6.73. The maximum absolute atomic E-state index is 13.1. The van der Waals surface area contributed by atoms with Crippen molar-refractivity contribution in [2.24, 2.45) is 0 Å². The van der Waals surface area contributed by atoms with Crippen LogP contribution in [0.4, 0.5) is 0 Å². The molecule has 31 heavy (non-hydrogen) atoms. The number of benzene rings is 2. The number of hydrogen-bond acceptors (Lipinski definition) is 5. The molecule has 0 saturated carbocycles. The lowest BCUT2D eigenvalue weighted by atomic mass is 9.88. The molecule has 7 heteroatoms. The Morgan fingerprint density at radius 2 is 2.03 bits per heavy atom. The van der Waals surface area contributed by atoms with Crippen LogP contribution in [0.1, 0.15) is 43.0 Å². The van der Waals surface area contributed by atoms with Crippen molar-refractivity contribution in [1.29, 1.82) is 0 Å². The molecule has 1 aromatic heterocycles. The Bertz CT molecular complexity index is 1140. The molecule has 4 rings (SSSR count). The number of thioether (sulfide) groups is 1. The smallest absolute Gasteiger partial charge is 0.262 e. The molecule has 1 N–H and O–H groups in total. The maximum atomic E-state index is 13.1. The van der Waals surface area contributed by atoms with Crippen molar-refractivity contribution in [2.75, 3.05) is 19.5 Å². The molecular weight excluding hydrogens is 410 g/mol. The van der Waals surface area contributed by atoms with E-state index in [-0.39, 0.29) is 29.3 Å². The Morgan fingerprint density at radius 3 is 2.87 bits per heavy atom. The van der Waals surface area contributed by atoms with Crippen molar-refractivity contribution in [3.8, 4) is 0 Å². The summed E-state index contributed by atoms with van der Waals surface area (Å²) >= 11 is 1.29. The van der Waals surface area contributed by atoms with Crippen LogP contribution >= 0.6 is 11.8 Å².